The molecule has 1 unspecified atom stereocenters. The lowest BCUT2D eigenvalue weighted by molar-refractivity contribution is 0.0280. The summed E-state index contributed by atoms with van der Waals surface area (Å²) in [7, 11) is 1.52. The van der Waals surface area contributed by atoms with Gasteiger partial charge in [0, 0.05) is 23.5 Å². The molecule has 1 aromatic heterocycles. The third-order valence-corrected chi connectivity index (χ3v) is 3.93. The van der Waals surface area contributed by atoms with Crippen LogP contribution in [0.15, 0.2) is 73.1 Å². The summed E-state index contributed by atoms with van der Waals surface area (Å²) >= 11 is 0. The Morgan fingerprint density at radius 3 is 2.11 bits per heavy atom. The van der Waals surface area contributed by atoms with Gasteiger partial charge in [0.2, 0.25) is 5.78 Å². The maximum atomic E-state index is 13.3. The van der Waals surface area contributed by atoms with Gasteiger partial charge >= 0.3 is 5.97 Å². The highest BCUT2D eigenvalue weighted by Crippen LogP contribution is 2.25. The van der Waals surface area contributed by atoms with E-state index in [0.717, 1.165) is 0 Å². The van der Waals surface area contributed by atoms with E-state index in [-0.39, 0.29) is 5.56 Å². The largest absolute Gasteiger partial charge is 0.497 e. The van der Waals surface area contributed by atoms with Crippen molar-refractivity contribution in [2.45, 2.75) is 6.10 Å². The zero-order chi connectivity index (χ0) is 19.2. The van der Waals surface area contributed by atoms with Gasteiger partial charge in [-0.1, -0.05) is 12.1 Å². The molecule has 6 heteroatoms. The second-order valence-electron chi connectivity index (χ2n) is 5.67. The fourth-order valence-corrected chi connectivity index (χ4v) is 2.48. The third kappa shape index (κ3) is 4.36. The Hall–Kier alpha value is -3.54. The van der Waals surface area contributed by atoms with E-state index in [1.165, 1.54) is 55.9 Å². The fraction of sp³-hybridized carbons (Fsp3) is 0.0952. The number of pyridine rings is 1. The summed E-state index contributed by atoms with van der Waals surface area (Å²) < 4.78 is 23.8. The number of rotatable bonds is 6. The first kappa shape index (κ1) is 18.3. The first-order chi connectivity index (χ1) is 13.1. The monoisotopic (exact) mass is 365 g/mol. The highest BCUT2D eigenvalue weighted by Gasteiger charge is 2.27. The number of methoxy groups -OCH3 is 1. The lowest BCUT2D eigenvalue weighted by Crippen LogP contribution is -2.20. The van der Waals surface area contributed by atoms with E-state index in [9.17, 15) is 14.0 Å². The van der Waals surface area contributed by atoms with E-state index in [4.69, 9.17) is 9.47 Å². The summed E-state index contributed by atoms with van der Waals surface area (Å²) in [6, 6.07) is 14.6. The van der Waals surface area contributed by atoms with E-state index >= 15 is 0 Å². The van der Waals surface area contributed by atoms with E-state index < -0.39 is 23.7 Å². The lowest BCUT2D eigenvalue weighted by atomic mass is 10.0. The third-order valence-electron chi connectivity index (χ3n) is 3.93. The van der Waals surface area contributed by atoms with E-state index in [1.54, 1.807) is 24.3 Å². The minimum Gasteiger partial charge on any atom is -0.497 e. The Balaban J connectivity index is 1.90. The molecule has 0 saturated heterocycles. The molecule has 0 N–H and O–H groups in total. The van der Waals surface area contributed by atoms with Crippen LogP contribution in [0.3, 0.4) is 0 Å². The number of nitrogens with zero attached hydrogens (tertiary/aromatic N) is 1. The number of carbonyl (C=O) groups is 2. The Morgan fingerprint density at radius 2 is 1.52 bits per heavy atom. The molecule has 0 bridgehead atoms. The molecule has 1 heterocycles. The Morgan fingerprint density at radius 1 is 0.889 bits per heavy atom. The lowest BCUT2D eigenvalue weighted by Gasteiger charge is -2.17. The molecular formula is C21H16FNO4. The molecule has 3 aromatic rings. The average Bonchev–Trinajstić information content (AvgIpc) is 2.73. The number of esters is 1. The van der Waals surface area contributed by atoms with Crippen molar-refractivity contribution in [1.29, 1.82) is 0 Å². The highest BCUT2D eigenvalue weighted by molar-refractivity contribution is 6.02. The zero-order valence-corrected chi connectivity index (χ0v) is 14.5. The maximum Gasteiger partial charge on any atom is 0.339 e. The van der Waals surface area contributed by atoms with E-state index in [1.807, 2.05) is 0 Å². The van der Waals surface area contributed by atoms with Crippen molar-refractivity contribution >= 4 is 11.8 Å². The molecule has 5 nitrogen and oxygen atoms in total. The number of ketones is 1. The van der Waals surface area contributed by atoms with Crippen LogP contribution in [-0.4, -0.2) is 23.8 Å². The van der Waals surface area contributed by atoms with Gasteiger partial charge < -0.3 is 9.47 Å². The van der Waals surface area contributed by atoms with Crippen LogP contribution in [0.1, 0.15) is 32.4 Å². The smallest absolute Gasteiger partial charge is 0.339 e. The summed E-state index contributed by atoms with van der Waals surface area (Å²) in [5.74, 6) is -0.954. The molecule has 0 aliphatic rings. The normalized spacial score (nSPS) is 11.5. The predicted octanol–water partition coefficient (Wildman–Crippen LogP) is 4.01. The number of hydrogen-bond acceptors (Lipinski definition) is 5. The number of Topliss-reactive ketones (excluding diaryl/α,β-unsaturated/α-hetero) is 1. The topological polar surface area (TPSA) is 65.5 Å². The summed E-state index contributed by atoms with van der Waals surface area (Å²) in [5, 5.41) is 0. The summed E-state index contributed by atoms with van der Waals surface area (Å²) in [6.45, 7) is 0. The standard InChI is InChI=1S/C21H16FNO4/c1-26-18-8-4-16(5-9-18)21(25)27-20(15-2-6-17(22)7-3-15)19(24)14-10-12-23-13-11-14/h2-13,20H,1H3. The molecular weight excluding hydrogens is 349 g/mol. The van der Waals surface area contributed by atoms with E-state index in [2.05, 4.69) is 4.98 Å². The van der Waals surface area contributed by atoms with Crippen molar-refractivity contribution in [3.8, 4) is 5.75 Å². The van der Waals surface area contributed by atoms with Crippen LogP contribution in [0.4, 0.5) is 4.39 Å². The zero-order valence-electron chi connectivity index (χ0n) is 14.5. The molecule has 136 valence electrons. The molecule has 0 spiro atoms. The first-order valence-electron chi connectivity index (χ1n) is 8.13. The van der Waals surface area contributed by atoms with Crippen molar-refractivity contribution in [1.82, 2.24) is 4.98 Å². The Bertz CT molecular complexity index is 925. The molecule has 0 aliphatic carbocycles. The molecule has 0 fully saturated rings. The van der Waals surface area contributed by atoms with Crippen molar-refractivity contribution in [3.05, 3.63) is 95.6 Å². The molecule has 2 aromatic carbocycles. The number of hydrogen-bond donors (Lipinski definition) is 0. The van der Waals surface area contributed by atoms with Crippen molar-refractivity contribution in [3.63, 3.8) is 0 Å². The van der Waals surface area contributed by atoms with Gasteiger partial charge in [0.05, 0.1) is 12.7 Å². The maximum absolute atomic E-state index is 13.3. The van der Waals surface area contributed by atoms with Crippen LogP contribution >= 0.6 is 0 Å². The first-order valence-corrected chi connectivity index (χ1v) is 8.13. The van der Waals surface area contributed by atoms with Gasteiger partial charge in [-0.05, 0) is 48.5 Å². The molecule has 27 heavy (non-hydrogen) atoms. The van der Waals surface area contributed by atoms with Crippen LogP contribution < -0.4 is 4.74 Å². The van der Waals surface area contributed by atoms with Crippen LogP contribution in [0.2, 0.25) is 0 Å². The van der Waals surface area contributed by atoms with Crippen molar-refractivity contribution in [2.24, 2.45) is 0 Å². The number of carbonyl (C=O) groups excluding carboxylic acids is 2. The quantitative estimate of drug-likeness (QED) is 0.488. The van der Waals surface area contributed by atoms with Gasteiger partial charge in [0.15, 0.2) is 6.10 Å². The summed E-state index contributed by atoms with van der Waals surface area (Å²) in [6.07, 6.45) is 1.74. The minimum atomic E-state index is -1.21. The van der Waals surface area contributed by atoms with Crippen LogP contribution in [0, 0.1) is 5.82 Å². The number of aromatic nitrogens is 1. The molecule has 0 amide bonds. The highest BCUT2D eigenvalue weighted by atomic mass is 19.1. The minimum absolute atomic E-state index is 0.269. The van der Waals surface area contributed by atoms with Gasteiger partial charge in [-0.25, -0.2) is 9.18 Å². The number of halogens is 1. The Labute approximate surface area is 155 Å². The van der Waals surface area contributed by atoms with Crippen molar-refractivity contribution in [2.75, 3.05) is 7.11 Å². The molecule has 0 aliphatic heterocycles. The summed E-state index contributed by atoms with van der Waals surface area (Å²) in [5.41, 5.74) is 0.979. The molecule has 0 saturated carbocycles. The number of benzene rings is 2. The van der Waals surface area contributed by atoms with Crippen molar-refractivity contribution < 1.29 is 23.5 Å². The van der Waals surface area contributed by atoms with Gasteiger partial charge in [0.25, 0.3) is 0 Å². The SMILES string of the molecule is COc1ccc(C(=O)OC(C(=O)c2ccncc2)c2ccc(F)cc2)cc1. The van der Waals surface area contributed by atoms with Gasteiger partial charge in [0.1, 0.15) is 11.6 Å². The second kappa shape index (κ2) is 8.23. The second-order valence-corrected chi connectivity index (χ2v) is 5.67. The van der Waals surface area contributed by atoms with Crippen LogP contribution in [0.5, 0.6) is 5.75 Å². The predicted molar refractivity (Wildman–Crippen MR) is 96.1 cm³/mol. The van der Waals surface area contributed by atoms with Crippen LogP contribution in [0.25, 0.3) is 0 Å². The van der Waals surface area contributed by atoms with Crippen LogP contribution in [-0.2, 0) is 4.74 Å². The average molecular weight is 365 g/mol. The van der Waals surface area contributed by atoms with E-state index in [0.29, 0.717) is 16.9 Å². The number of ether oxygens (including phenoxy) is 2. The molecule has 1 atom stereocenters. The molecule has 3 rings (SSSR count). The Kier molecular flexibility index (Phi) is 5.56. The van der Waals surface area contributed by atoms with Gasteiger partial charge in [-0.15, -0.1) is 0 Å². The molecule has 0 radical (unpaired) electrons. The summed E-state index contributed by atoms with van der Waals surface area (Å²) in [4.78, 5) is 29.3. The van der Waals surface area contributed by atoms with Gasteiger partial charge in [-0.2, -0.15) is 0 Å². The fourth-order valence-electron chi connectivity index (χ4n) is 2.48. The van der Waals surface area contributed by atoms with Gasteiger partial charge in [-0.3, -0.25) is 9.78 Å².